The maximum atomic E-state index is 14.8. The van der Waals surface area contributed by atoms with Crippen molar-refractivity contribution >= 4 is 28.6 Å². The summed E-state index contributed by atoms with van der Waals surface area (Å²) in [4.78, 5) is 11.5. The Morgan fingerprint density at radius 3 is 2.30 bits per heavy atom. The number of H-pyrrole nitrogens is 1. The Kier molecular flexibility index (Phi) is 7.11. The number of aromatic nitrogens is 3. The van der Waals surface area contributed by atoms with Gasteiger partial charge in [-0.3, -0.25) is 4.98 Å². The number of nitrogens with one attached hydrogen (secondary N) is 2. The van der Waals surface area contributed by atoms with Gasteiger partial charge in [0, 0.05) is 12.6 Å². The summed E-state index contributed by atoms with van der Waals surface area (Å²) < 4.78 is 96.1. The molecule has 2 aromatic heterocycles. The molecule has 0 radical (unpaired) electrons. The highest BCUT2D eigenvalue weighted by Crippen LogP contribution is 2.42. The van der Waals surface area contributed by atoms with E-state index in [1.54, 1.807) is 0 Å². The molecule has 40 heavy (non-hydrogen) atoms. The third-order valence-electron chi connectivity index (χ3n) is 6.62. The molecule has 1 unspecified atom stereocenters. The maximum Gasteiger partial charge on any atom is 0.416 e. The zero-order chi connectivity index (χ0) is 28.7. The van der Waals surface area contributed by atoms with Crippen molar-refractivity contribution in [3.63, 3.8) is 0 Å². The summed E-state index contributed by atoms with van der Waals surface area (Å²) in [5.74, 6) is -1.17. The van der Waals surface area contributed by atoms with Crippen molar-refractivity contribution in [3.05, 3.63) is 112 Å². The number of aromatic amines is 1. The van der Waals surface area contributed by atoms with E-state index in [1.165, 1.54) is 24.4 Å². The Bertz CT molecular complexity index is 1600. The number of imidazole rings is 1. The first-order valence-corrected chi connectivity index (χ1v) is 12.4. The van der Waals surface area contributed by atoms with Crippen molar-refractivity contribution in [3.8, 4) is 0 Å². The van der Waals surface area contributed by atoms with E-state index in [0.29, 0.717) is 18.9 Å². The number of rotatable bonds is 6. The molecule has 12 heteroatoms. The van der Waals surface area contributed by atoms with E-state index in [2.05, 4.69) is 20.3 Å². The average molecular weight is 581 g/mol. The Morgan fingerprint density at radius 2 is 1.65 bits per heavy atom. The topological polar surface area (TPSA) is 53.6 Å². The van der Waals surface area contributed by atoms with Crippen LogP contribution in [0.15, 0.2) is 78.5 Å². The summed E-state index contributed by atoms with van der Waals surface area (Å²) in [6.45, 7) is 0. The monoisotopic (exact) mass is 580 g/mol. The molecule has 0 spiro atoms. The van der Waals surface area contributed by atoms with Gasteiger partial charge in [-0.1, -0.05) is 35.4 Å². The molecule has 4 aromatic rings. The lowest BCUT2D eigenvalue weighted by Crippen LogP contribution is -2.39. The lowest BCUT2D eigenvalue weighted by molar-refractivity contribution is -0.138. The number of alkyl halides is 6. The Hall–Kier alpha value is -3.86. The van der Waals surface area contributed by atoms with Gasteiger partial charge in [0.05, 0.1) is 32.9 Å². The van der Waals surface area contributed by atoms with Crippen LogP contribution in [0.5, 0.6) is 0 Å². The second-order valence-corrected chi connectivity index (χ2v) is 9.84. The Labute approximate surface area is 228 Å². The standard InChI is InChI=1S/C28H20ClF7N4/c29-20-7-9-24(37-15-20)26(14-16-4-2-1-3-5-16,18-10-19(28(34,35)36)12-21(30)11-18)40-25-38-22-8-6-17(27(31,32)33)13-23(22)39-25/h1-2,4,6-13,15H,3,5,14H2,(H2,38,39,40). The van der Waals surface area contributed by atoms with Crippen LogP contribution < -0.4 is 5.32 Å². The van der Waals surface area contributed by atoms with Gasteiger partial charge in [-0.05, 0) is 66.9 Å². The first-order valence-electron chi connectivity index (χ1n) is 12.0. The summed E-state index contributed by atoms with van der Waals surface area (Å²) in [5, 5.41) is 3.35. The number of benzene rings is 2. The van der Waals surface area contributed by atoms with Crippen molar-refractivity contribution < 1.29 is 30.7 Å². The highest BCUT2D eigenvalue weighted by Gasteiger charge is 2.41. The molecule has 0 bridgehead atoms. The number of hydrogen-bond acceptors (Lipinski definition) is 3. The third kappa shape index (κ3) is 5.70. The van der Waals surface area contributed by atoms with Gasteiger partial charge >= 0.3 is 12.4 Å². The van der Waals surface area contributed by atoms with Crippen molar-refractivity contribution in [1.29, 1.82) is 0 Å². The van der Waals surface area contributed by atoms with E-state index >= 15 is 0 Å². The fourth-order valence-corrected chi connectivity index (χ4v) is 4.85. The van der Waals surface area contributed by atoms with Gasteiger partial charge < -0.3 is 10.3 Å². The van der Waals surface area contributed by atoms with Crippen LogP contribution >= 0.6 is 11.6 Å². The number of anilines is 1. The van der Waals surface area contributed by atoms with Crippen LogP contribution in [-0.2, 0) is 17.9 Å². The van der Waals surface area contributed by atoms with Gasteiger partial charge in [0.2, 0.25) is 5.95 Å². The van der Waals surface area contributed by atoms with Gasteiger partial charge in [0.25, 0.3) is 0 Å². The molecule has 5 rings (SSSR count). The molecule has 0 aliphatic heterocycles. The predicted octanol–water partition coefficient (Wildman–Crippen LogP) is 8.81. The van der Waals surface area contributed by atoms with E-state index in [-0.39, 0.29) is 39.7 Å². The molecule has 2 heterocycles. The van der Waals surface area contributed by atoms with Crippen LogP contribution in [-0.4, -0.2) is 15.0 Å². The van der Waals surface area contributed by atoms with Gasteiger partial charge in [0.1, 0.15) is 11.4 Å². The van der Waals surface area contributed by atoms with E-state index in [1.807, 2.05) is 18.2 Å². The number of nitrogens with zero attached hydrogens (tertiary/aromatic N) is 2. The summed E-state index contributed by atoms with van der Waals surface area (Å²) in [6, 6.07) is 8.13. The van der Waals surface area contributed by atoms with Gasteiger partial charge in [-0.15, -0.1) is 0 Å². The van der Waals surface area contributed by atoms with Crippen molar-refractivity contribution in [1.82, 2.24) is 15.0 Å². The summed E-state index contributed by atoms with van der Waals surface area (Å²) in [5.41, 5.74) is -2.61. The fraction of sp³-hybridized carbons (Fsp3) is 0.214. The summed E-state index contributed by atoms with van der Waals surface area (Å²) >= 11 is 6.05. The highest BCUT2D eigenvalue weighted by atomic mass is 35.5. The number of allylic oxidation sites excluding steroid dienone is 3. The van der Waals surface area contributed by atoms with Crippen molar-refractivity contribution in [2.75, 3.05) is 5.32 Å². The summed E-state index contributed by atoms with van der Waals surface area (Å²) in [6.07, 6.45) is -1.29. The number of pyridine rings is 1. The first-order chi connectivity index (χ1) is 18.8. The molecular formula is C28H20ClF7N4. The molecule has 2 N–H and O–H groups in total. The van der Waals surface area contributed by atoms with Crippen LogP contribution in [0.3, 0.4) is 0 Å². The Balaban J connectivity index is 1.74. The van der Waals surface area contributed by atoms with Gasteiger partial charge in [0.15, 0.2) is 0 Å². The molecule has 1 aliphatic carbocycles. The lowest BCUT2D eigenvalue weighted by Gasteiger charge is -2.36. The SMILES string of the molecule is Fc1cc(C(F)(F)F)cc(C(CC2=CC=CCC2)(Nc2nc3ccc(C(F)(F)F)cc3[nH]2)c2ccc(Cl)cn2)c1. The smallest absolute Gasteiger partial charge is 0.340 e. The van der Waals surface area contributed by atoms with E-state index in [9.17, 15) is 30.7 Å². The molecule has 1 aliphatic rings. The van der Waals surface area contributed by atoms with E-state index < -0.39 is 34.8 Å². The maximum absolute atomic E-state index is 14.8. The zero-order valence-electron chi connectivity index (χ0n) is 20.5. The Morgan fingerprint density at radius 1 is 0.900 bits per heavy atom. The first kappa shape index (κ1) is 27.7. The lowest BCUT2D eigenvalue weighted by atomic mass is 9.78. The van der Waals surface area contributed by atoms with Crippen LogP contribution in [0.2, 0.25) is 5.02 Å². The minimum atomic E-state index is -4.85. The van der Waals surface area contributed by atoms with Crippen LogP contribution in [0.1, 0.15) is 41.6 Å². The zero-order valence-corrected chi connectivity index (χ0v) is 21.2. The third-order valence-corrected chi connectivity index (χ3v) is 6.84. The number of halogens is 8. The second-order valence-electron chi connectivity index (χ2n) is 9.40. The number of fused-ring (bicyclic) bond motifs is 1. The largest absolute Gasteiger partial charge is 0.416 e. The molecule has 4 nitrogen and oxygen atoms in total. The quantitative estimate of drug-likeness (QED) is 0.224. The number of hydrogen-bond donors (Lipinski definition) is 2. The van der Waals surface area contributed by atoms with Crippen molar-refractivity contribution in [2.45, 2.75) is 37.2 Å². The van der Waals surface area contributed by atoms with Gasteiger partial charge in [-0.2, -0.15) is 26.3 Å². The molecular weight excluding hydrogens is 561 g/mol. The van der Waals surface area contributed by atoms with Crippen LogP contribution in [0.4, 0.5) is 36.7 Å². The fourth-order valence-electron chi connectivity index (χ4n) is 4.74. The second kappa shape index (κ2) is 10.3. The van der Waals surface area contributed by atoms with Crippen LogP contribution in [0.25, 0.3) is 11.0 Å². The normalized spacial score (nSPS) is 15.7. The van der Waals surface area contributed by atoms with E-state index in [4.69, 9.17) is 11.6 Å². The van der Waals surface area contributed by atoms with Crippen molar-refractivity contribution in [2.24, 2.45) is 0 Å². The molecule has 2 aromatic carbocycles. The molecule has 0 fully saturated rings. The van der Waals surface area contributed by atoms with E-state index in [0.717, 1.165) is 29.8 Å². The molecule has 1 atom stereocenters. The average Bonchev–Trinajstić information content (AvgIpc) is 3.29. The van der Waals surface area contributed by atoms with Crippen LogP contribution in [0, 0.1) is 5.82 Å². The summed E-state index contributed by atoms with van der Waals surface area (Å²) in [7, 11) is 0. The van der Waals surface area contributed by atoms with Gasteiger partial charge in [-0.25, -0.2) is 9.37 Å². The minimum Gasteiger partial charge on any atom is -0.340 e. The molecule has 208 valence electrons. The molecule has 0 saturated heterocycles. The molecule has 0 amide bonds. The predicted molar refractivity (Wildman–Crippen MR) is 137 cm³/mol. The minimum absolute atomic E-state index is 0.0393. The molecule has 0 saturated carbocycles. The highest BCUT2D eigenvalue weighted by molar-refractivity contribution is 6.30.